The van der Waals surface area contributed by atoms with Gasteiger partial charge in [-0.05, 0) is 91.8 Å². The summed E-state index contributed by atoms with van der Waals surface area (Å²) in [7, 11) is 0. The lowest BCUT2D eigenvalue weighted by Gasteiger charge is -2.36. The van der Waals surface area contributed by atoms with Crippen LogP contribution in [0.15, 0.2) is 93.3 Å². The summed E-state index contributed by atoms with van der Waals surface area (Å²) in [5, 5.41) is 11.6. The van der Waals surface area contributed by atoms with Gasteiger partial charge in [-0.15, -0.1) is 0 Å². The number of halogens is 1. The van der Waals surface area contributed by atoms with Gasteiger partial charge in [0.1, 0.15) is 17.1 Å². The van der Waals surface area contributed by atoms with Crippen molar-refractivity contribution < 1.29 is 18.9 Å². The first-order valence-electron chi connectivity index (χ1n) is 11.8. The number of benzene rings is 3. The van der Waals surface area contributed by atoms with Gasteiger partial charge in [-0.1, -0.05) is 40.2 Å². The SMILES string of the molecule is Cc1ccc(N2C(=O)/C(=C\c3ccc(-c4ccc(Br)cc4[N+](=O)[O-])o3)C(=O)N(c3ccccc3)C2=S)cc1C. The molecule has 194 valence electrons. The van der Waals surface area contributed by atoms with Crippen molar-refractivity contribution in [3.63, 3.8) is 0 Å². The highest BCUT2D eigenvalue weighted by atomic mass is 79.9. The molecule has 0 spiro atoms. The minimum Gasteiger partial charge on any atom is -0.456 e. The fraction of sp³-hybridized carbons (Fsp3) is 0.0690. The standard InChI is InChI=1S/C29H20BrN3O5S/c1-17-8-10-21(14-18(17)2)32-28(35)24(27(34)31(29(32)39)20-6-4-3-5-7-20)16-22-11-13-26(38-22)23-12-9-19(30)15-25(23)33(36)37/h3-16H,1-2H3/b24-16-. The summed E-state index contributed by atoms with van der Waals surface area (Å²) in [6, 6.07) is 22.0. The van der Waals surface area contributed by atoms with Crippen molar-refractivity contribution in [2.24, 2.45) is 0 Å². The molecule has 0 bridgehead atoms. The lowest BCUT2D eigenvalue weighted by molar-refractivity contribution is -0.384. The Morgan fingerprint density at radius 3 is 2.23 bits per heavy atom. The van der Waals surface area contributed by atoms with Crippen LogP contribution in [-0.2, 0) is 9.59 Å². The van der Waals surface area contributed by atoms with Crippen LogP contribution in [0.2, 0.25) is 0 Å². The van der Waals surface area contributed by atoms with Gasteiger partial charge in [0.15, 0.2) is 5.11 Å². The van der Waals surface area contributed by atoms with Gasteiger partial charge >= 0.3 is 0 Å². The second-order valence-electron chi connectivity index (χ2n) is 8.85. The number of para-hydroxylation sites is 1. The van der Waals surface area contributed by atoms with Crippen LogP contribution in [0, 0.1) is 24.0 Å². The molecule has 2 heterocycles. The molecule has 0 radical (unpaired) electrons. The van der Waals surface area contributed by atoms with E-state index >= 15 is 0 Å². The summed E-state index contributed by atoms with van der Waals surface area (Å²) in [6.45, 7) is 3.89. The highest BCUT2D eigenvalue weighted by molar-refractivity contribution is 9.10. The number of anilines is 2. The maximum atomic E-state index is 13.8. The van der Waals surface area contributed by atoms with Crippen molar-refractivity contribution in [2.75, 3.05) is 9.80 Å². The van der Waals surface area contributed by atoms with Crippen molar-refractivity contribution >= 4 is 68.2 Å². The number of nitrogens with zero attached hydrogens (tertiary/aromatic N) is 3. The molecule has 4 aromatic rings. The largest absolute Gasteiger partial charge is 0.456 e. The van der Waals surface area contributed by atoms with Crippen LogP contribution in [0.3, 0.4) is 0 Å². The van der Waals surface area contributed by atoms with Gasteiger partial charge in [0, 0.05) is 10.5 Å². The highest BCUT2D eigenvalue weighted by Crippen LogP contribution is 2.35. The Morgan fingerprint density at radius 2 is 1.56 bits per heavy atom. The third-order valence-electron chi connectivity index (χ3n) is 6.35. The molecule has 0 N–H and O–H groups in total. The topological polar surface area (TPSA) is 96.9 Å². The average Bonchev–Trinajstić information content (AvgIpc) is 3.38. The Hall–Kier alpha value is -4.41. The first-order valence-corrected chi connectivity index (χ1v) is 13.0. The number of nitro benzene ring substituents is 1. The molecule has 1 aromatic heterocycles. The molecule has 10 heteroatoms. The second kappa shape index (κ2) is 10.4. The molecular formula is C29H20BrN3O5S. The molecule has 1 aliphatic heterocycles. The number of furan rings is 1. The zero-order valence-corrected chi connectivity index (χ0v) is 23.2. The van der Waals surface area contributed by atoms with E-state index in [9.17, 15) is 19.7 Å². The van der Waals surface area contributed by atoms with E-state index in [1.165, 1.54) is 21.9 Å². The smallest absolute Gasteiger partial charge is 0.281 e. The van der Waals surface area contributed by atoms with E-state index < -0.39 is 16.7 Å². The van der Waals surface area contributed by atoms with Gasteiger partial charge in [0.2, 0.25) is 0 Å². The average molecular weight is 602 g/mol. The minimum atomic E-state index is -0.608. The zero-order valence-electron chi connectivity index (χ0n) is 20.8. The number of hydrogen-bond acceptors (Lipinski definition) is 6. The molecular weight excluding hydrogens is 582 g/mol. The van der Waals surface area contributed by atoms with Crippen LogP contribution in [0.25, 0.3) is 17.4 Å². The molecule has 0 aliphatic carbocycles. The molecule has 0 saturated carbocycles. The Labute approximate surface area is 237 Å². The molecule has 0 atom stereocenters. The Balaban J connectivity index is 1.61. The predicted octanol–water partition coefficient (Wildman–Crippen LogP) is 6.98. The molecule has 5 rings (SSSR count). The molecule has 1 aliphatic rings. The van der Waals surface area contributed by atoms with E-state index in [-0.39, 0.29) is 33.5 Å². The number of rotatable bonds is 5. The van der Waals surface area contributed by atoms with E-state index in [4.69, 9.17) is 16.6 Å². The van der Waals surface area contributed by atoms with Crippen LogP contribution in [0.5, 0.6) is 0 Å². The van der Waals surface area contributed by atoms with Gasteiger partial charge < -0.3 is 4.42 Å². The highest BCUT2D eigenvalue weighted by Gasteiger charge is 2.41. The van der Waals surface area contributed by atoms with E-state index in [1.54, 1.807) is 54.6 Å². The zero-order chi connectivity index (χ0) is 27.8. The Bertz CT molecular complexity index is 1700. The minimum absolute atomic E-state index is 0.0298. The quantitative estimate of drug-likeness (QED) is 0.0804. The number of hydrogen-bond donors (Lipinski definition) is 0. The van der Waals surface area contributed by atoms with Gasteiger partial charge in [-0.2, -0.15) is 0 Å². The summed E-state index contributed by atoms with van der Waals surface area (Å²) < 4.78 is 6.42. The molecule has 1 fully saturated rings. The Morgan fingerprint density at radius 1 is 0.872 bits per heavy atom. The lowest BCUT2D eigenvalue weighted by atomic mass is 10.1. The molecule has 39 heavy (non-hydrogen) atoms. The summed E-state index contributed by atoms with van der Waals surface area (Å²) in [5.74, 6) is -0.810. The van der Waals surface area contributed by atoms with Crippen molar-refractivity contribution in [1.29, 1.82) is 0 Å². The Kier molecular flexibility index (Phi) is 6.98. The number of amides is 2. The van der Waals surface area contributed by atoms with Gasteiger partial charge in [0.25, 0.3) is 17.5 Å². The third kappa shape index (κ3) is 4.91. The first kappa shape index (κ1) is 26.2. The van der Waals surface area contributed by atoms with Crippen molar-refractivity contribution in [3.05, 3.63) is 116 Å². The van der Waals surface area contributed by atoms with Crippen LogP contribution < -0.4 is 9.80 Å². The summed E-state index contributed by atoms with van der Waals surface area (Å²) in [5.41, 5.74) is 2.98. The van der Waals surface area contributed by atoms with Crippen LogP contribution in [0.4, 0.5) is 17.1 Å². The molecule has 3 aromatic carbocycles. The molecule has 8 nitrogen and oxygen atoms in total. The van der Waals surface area contributed by atoms with Crippen molar-refractivity contribution in [2.45, 2.75) is 13.8 Å². The van der Waals surface area contributed by atoms with E-state index in [0.717, 1.165) is 11.1 Å². The number of carbonyl (C=O) groups is 2. The van der Waals surface area contributed by atoms with Crippen LogP contribution >= 0.6 is 28.1 Å². The van der Waals surface area contributed by atoms with Crippen LogP contribution in [0.1, 0.15) is 16.9 Å². The van der Waals surface area contributed by atoms with Gasteiger partial charge in [-0.25, -0.2) is 0 Å². The number of nitro groups is 1. The summed E-state index contributed by atoms with van der Waals surface area (Å²) >= 11 is 8.91. The summed E-state index contributed by atoms with van der Waals surface area (Å²) in [4.78, 5) is 41.2. The van der Waals surface area contributed by atoms with E-state index in [0.29, 0.717) is 15.8 Å². The molecule has 1 saturated heterocycles. The second-order valence-corrected chi connectivity index (χ2v) is 10.1. The molecule has 2 amide bonds. The number of carbonyl (C=O) groups excluding carboxylic acids is 2. The van der Waals surface area contributed by atoms with Gasteiger partial charge in [-0.3, -0.25) is 29.5 Å². The van der Waals surface area contributed by atoms with Gasteiger partial charge in [0.05, 0.1) is 21.9 Å². The van der Waals surface area contributed by atoms with Crippen molar-refractivity contribution in [3.8, 4) is 11.3 Å². The van der Waals surface area contributed by atoms with E-state index in [2.05, 4.69) is 15.9 Å². The fourth-order valence-electron chi connectivity index (χ4n) is 4.21. The normalized spacial score (nSPS) is 14.8. The predicted molar refractivity (Wildman–Crippen MR) is 156 cm³/mol. The molecule has 0 unspecified atom stereocenters. The first-order chi connectivity index (χ1) is 18.7. The monoisotopic (exact) mass is 601 g/mol. The van der Waals surface area contributed by atoms with Crippen LogP contribution in [-0.4, -0.2) is 21.9 Å². The summed E-state index contributed by atoms with van der Waals surface area (Å²) in [6.07, 6.45) is 1.34. The van der Waals surface area contributed by atoms with Crippen molar-refractivity contribution in [1.82, 2.24) is 0 Å². The van der Waals surface area contributed by atoms with E-state index in [1.807, 2.05) is 32.0 Å². The lowest BCUT2D eigenvalue weighted by Crippen LogP contribution is -2.57. The number of thiocarbonyl (C=S) groups is 1. The maximum absolute atomic E-state index is 13.8. The third-order valence-corrected chi connectivity index (χ3v) is 7.21. The fourth-order valence-corrected chi connectivity index (χ4v) is 4.93. The maximum Gasteiger partial charge on any atom is 0.281 e. The number of aryl methyl sites for hydroxylation is 2.